The maximum Gasteiger partial charge on any atom is 0.416 e. The first kappa shape index (κ1) is 39.5. The molecule has 0 fully saturated rings. The first-order valence-corrected chi connectivity index (χ1v) is 17.1. The topological polar surface area (TPSA) is 206 Å². The Morgan fingerprint density at radius 3 is 2.21 bits per heavy atom. The number of carboxylic acids is 1. The summed E-state index contributed by atoms with van der Waals surface area (Å²) in [5, 5.41) is 20.5. The smallest absolute Gasteiger partial charge is 0.416 e. The molecule has 0 radical (unpaired) electrons. The van der Waals surface area contributed by atoms with E-state index in [9.17, 15) is 42.3 Å². The van der Waals surface area contributed by atoms with Crippen molar-refractivity contribution in [1.82, 2.24) is 19.0 Å². The van der Waals surface area contributed by atoms with Gasteiger partial charge in [-0.1, -0.05) is 12.1 Å². The maximum absolute atomic E-state index is 13.7. The third kappa shape index (κ3) is 8.11. The normalized spacial score (nSPS) is 13.6. The fourth-order valence-electron chi connectivity index (χ4n) is 6.64. The number of likely N-dealkylation sites (N-methyl/N-ethyl adjacent to an activating group) is 1. The Labute approximate surface area is 323 Å². The predicted octanol–water partition coefficient (Wildman–Crippen LogP) is 6.25. The van der Waals surface area contributed by atoms with Gasteiger partial charge in [0.2, 0.25) is 0 Å². The molecular weight excluding hydrogens is 747 g/mol. The number of aromatic nitrogens is 3. The molecule has 5 aromatic rings. The van der Waals surface area contributed by atoms with Crippen LogP contribution in [-0.2, 0) is 15.8 Å². The van der Waals surface area contributed by atoms with Crippen molar-refractivity contribution in [3.8, 4) is 5.69 Å². The standard InChI is InChI=1S/C39H36F3N9O6/c1-19-17-50(18-44-19)27-12-22(11-23(13-27)39(40,41)42)34(53)45-24-7-6-8-25(14-24)46-38(57)47-26-9-10-28-29(35(54)48-30(28)15-26)16-31-20(2)32(37(55)56)21(3)51(31)36(33(43)52)49(4)5/h6-18,36H,1-5H3,(H2,43,52)(H,45,53)(H,48,54)(H,55,56)(H2,46,47,57). The highest BCUT2D eigenvalue weighted by Crippen LogP contribution is 2.38. The van der Waals surface area contributed by atoms with Crippen LogP contribution in [0.3, 0.4) is 0 Å². The molecule has 2 aromatic heterocycles. The number of amides is 5. The van der Waals surface area contributed by atoms with Crippen molar-refractivity contribution in [1.29, 1.82) is 0 Å². The van der Waals surface area contributed by atoms with Gasteiger partial charge in [0.25, 0.3) is 17.7 Å². The number of primary amides is 1. The fraction of sp³-hybridized carbons (Fsp3) is 0.179. The van der Waals surface area contributed by atoms with Crippen LogP contribution in [0.2, 0.25) is 0 Å². The summed E-state index contributed by atoms with van der Waals surface area (Å²) in [7, 11) is 3.23. The van der Waals surface area contributed by atoms with E-state index in [-0.39, 0.29) is 45.1 Å². The molecule has 6 rings (SSSR count). The largest absolute Gasteiger partial charge is 0.478 e. The molecule has 1 aliphatic rings. The van der Waals surface area contributed by atoms with Gasteiger partial charge in [0, 0.05) is 51.5 Å². The van der Waals surface area contributed by atoms with Crippen molar-refractivity contribution >= 4 is 64.1 Å². The van der Waals surface area contributed by atoms with Gasteiger partial charge in [-0.2, -0.15) is 13.2 Å². The lowest BCUT2D eigenvalue weighted by Crippen LogP contribution is -2.38. The monoisotopic (exact) mass is 783 g/mol. The van der Waals surface area contributed by atoms with E-state index in [4.69, 9.17) is 5.73 Å². The molecule has 0 spiro atoms. The van der Waals surface area contributed by atoms with E-state index in [1.165, 1.54) is 69.0 Å². The van der Waals surface area contributed by atoms with Gasteiger partial charge in [0.15, 0.2) is 6.17 Å². The van der Waals surface area contributed by atoms with Gasteiger partial charge in [-0.25, -0.2) is 14.6 Å². The fourth-order valence-corrected chi connectivity index (χ4v) is 6.64. The van der Waals surface area contributed by atoms with Crippen molar-refractivity contribution in [2.75, 3.05) is 35.4 Å². The van der Waals surface area contributed by atoms with E-state index in [0.29, 0.717) is 28.2 Å². The number of alkyl halides is 3. The van der Waals surface area contributed by atoms with Crippen molar-refractivity contribution in [3.05, 3.63) is 118 Å². The van der Waals surface area contributed by atoms with Gasteiger partial charge >= 0.3 is 18.2 Å². The van der Waals surface area contributed by atoms with Gasteiger partial charge in [-0.15, -0.1) is 0 Å². The number of anilines is 4. The summed E-state index contributed by atoms with van der Waals surface area (Å²) in [4.78, 5) is 69.7. The van der Waals surface area contributed by atoms with Crippen LogP contribution < -0.4 is 27.0 Å². The second-order valence-corrected chi connectivity index (χ2v) is 13.5. The summed E-state index contributed by atoms with van der Waals surface area (Å²) >= 11 is 0. The summed E-state index contributed by atoms with van der Waals surface area (Å²) in [5.41, 5.74) is 7.66. The Hall–Kier alpha value is -7.21. The van der Waals surface area contributed by atoms with Gasteiger partial charge in [0.05, 0.1) is 34.4 Å². The zero-order chi connectivity index (χ0) is 41.5. The number of carboxylic acid groups (broad SMARTS) is 1. The second kappa shape index (κ2) is 15.1. The number of nitrogens with zero attached hydrogens (tertiary/aromatic N) is 4. The summed E-state index contributed by atoms with van der Waals surface area (Å²) in [5.74, 6) is -3.27. The molecule has 0 aliphatic carbocycles. The second-order valence-electron chi connectivity index (χ2n) is 13.5. The van der Waals surface area contributed by atoms with Crippen LogP contribution in [0.4, 0.5) is 40.7 Å². The van der Waals surface area contributed by atoms with Crippen LogP contribution in [-0.4, -0.2) is 67.9 Å². The Morgan fingerprint density at radius 1 is 0.947 bits per heavy atom. The number of hydrogen-bond donors (Lipinski definition) is 6. The average Bonchev–Trinajstić information content (AvgIpc) is 3.76. The number of nitrogens with one attached hydrogen (secondary N) is 4. The molecule has 0 bridgehead atoms. The Morgan fingerprint density at radius 2 is 1.61 bits per heavy atom. The number of fused-ring (bicyclic) bond motifs is 1. The summed E-state index contributed by atoms with van der Waals surface area (Å²) in [6, 6.07) is 12.9. The van der Waals surface area contributed by atoms with Crippen molar-refractivity contribution < 1.29 is 42.3 Å². The van der Waals surface area contributed by atoms with Crippen molar-refractivity contribution in [2.24, 2.45) is 5.73 Å². The van der Waals surface area contributed by atoms with E-state index in [2.05, 4.69) is 26.3 Å². The van der Waals surface area contributed by atoms with Crippen LogP contribution in [0.1, 0.15) is 60.7 Å². The molecule has 3 heterocycles. The molecule has 5 amide bonds. The molecule has 18 heteroatoms. The number of aryl methyl sites for hydroxylation is 1. The van der Waals surface area contributed by atoms with E-state index >= 15 is 0 Å². The first-order chi connectivity index (χ1) is 26.8. The summed E-state index contributed by atoms with van der Waals surface area (Å²) in [6.07, 6.45) is -1.41. The number of halogens is 3. The molecular formula is C39H36F3N9O6. The highest BCUT2D eigenvalue weighted by atomic mass is 19.4. The molecule has 15 nitrogen and oxygen atoms in total. The zero-order valence-electron chi connectivity index (χ0n) is 31.1. The summed E-state index contributed by atoms with van der Waals surface area (Å²) in [6.45, 7) is 4.81. The quantitative estimate of drug-likeness (QED) is 0.0891. The van der Waals surface area contributed by atoms with Gasteiger partial charge in [-0.05, 0) is 95.0 Å². The van der Waals surface area contributed by atoms with Crippen molar-refractivity contribution in [3.63, 3.8) is 0 Å². The number of aromatic carboxylic acids is 1. The molecule has 3 aromatic carbocycles. The lowest BCUT2D eigenvalue weighted by Gasteiger charge is -2.26. The molecule has 0 saturated carbocycles. The number of urea groups is 1. The number of benzene rings is 3. The molecule has 294 valence electrons. The number of imidazole rings is 1. The van der Waals surface area contributed by atoms with Crippen LogP contribution in [0.15, 0.2) is 73.2 Å². The van der Waals surface area contributed by atoms with E-state index < -0.39 is 47.6 Å². The third-order valence-electron chi connectivity index (χ3n) is 9.18. The molecule has 57 heavy (non-hydrogen) atoms. The highest BCUT2D eigenvalue weighted by Gasteiger charge is 2.33. The SMILES string of the molecule is Cc1cn(-c2cc(C(=O)Nc3cccc(NC(=O)Nc4ccc5c(c4)NC(=O)C5=Cc4c(C)c(C(=O)O)c(C)n4C(C(N)=O)N(C)C)c3)cc(C(F)(F)F)c2)cn1. The zero-order valence-corrected chi connectivity index (χ0v) is 31.1. The first-order valence-electron chi connectivity index (χ1n) is 17.1. The number of hydrogen-bond acceptors (Lipinski definition) is 7. The van der Waals surface area contributed by atoms with E-state index in [0.717, 1.165) is 12.1 Å². The van der Waals surface area contributed by atoms with Crippen LogP contribution in [0.5, 0.6) is 0 Å². The molecule has 0 saturated heterocycles. The van der Waals surface area contributed by atoms with Gasteiger partial charge in [-0.3, -0.25) is 19.3 Å². The summed E-state index contributed by atoms with van der Waals surface area (Å²) < 4.78 is 44.1. The minimum absolute atomic E-state index is 0.0296. The lowest BCUT2D eigenvalue weighted by molar-refractivity contribution is -0.137. The van der Waals surface area contributed by atoms with E-state index in [1.54, 1.807) is 47.0 Å². The van der Waals surface area contributed by atoms with E-state index in [1.807, 2.05) is 0 Å². The number of carbonyl (C=O) groups is 5. The maximum atomic E-state index is 13.7. The van der Waals surface area contributed by atoms with Gasteiger partial charge < -0.3 is 41.2 Å². The van der Waals surface area contributed by atoms with Crippen LogP contribution >= 0.6 is 0 Å². The van der Waals surface area contributed by atoms with Crippen LogP contribution in [0.25, 0.3) is 17.3 Å². The Kier molecular flexibility index (Phi) is 10.5. The van der Waals surface area contributed by atoms with Crippen molar-refractivity contribution in [2.45, 2.75) is 33.1 Å². The molecule has 7 N–H and O–H groups in total. The predicted molar refractivity (Wildman–Crippen MR) is 206 cm³/mol. The third-order valence-corrected chi connectivity index (χ3v) is 9.18. The Bertz CT molecular complexity index is 2520. The lowest BCUT2D eigenvalue weighted by atomic mass is 10.0. The molecule has 1 unspecified atom stereocenters. The highest BCUT2D eigenvalue weighted by molar-refractivity contribution is 6.35. The number of rotatable bonds is 10. The number of carbonyl (C=O) groups excluding carboxylic acids is 4. The van der Waals surface area contributed by atoms with Crippen LogP contribution in [0, 0.1) is 20.8 Å². The minimum atomic E-state index is -4.72. The average molecular weight is 784 g/mol. The van der Waals surface area contributed by atoms with Gasteiger partial charge in [0.1, 0.15) is 0 Å². The Balaban J connectivity index is 1.19. The minimum Gasteiger partial charge on any atom is -0.478 e. The number of nitrogens with two attached hydrogens (primary N) is 1. The molecule has 1 aliphatic heterocycles. The molecule has 1 atom stereocenters.